The monoisotopic (exact) mass is 344 g/mol. The summed E-state index contributed by atoms with van der Waals surface area (Å²) in [4.78, 5) is 27.1. The van der Waals surface area contributed by atoms with Crippen LogP contribution in [0.3, 0.4) is 0 Å². The van der Waals surface area contributed by atoms with Gasteiger partial charge in [-0.1, -0.05) is 36.5 Å². The Morgan fingerprint density at radius 1 is 1.09 bits per heavy atom. The van der Waals surface area contributed by atoms with E-state index in [9.17, 15) is 9.59 Å². The molecule has 0 aliphatic rings. The molecule has 0 bridgehead atoms. The van der Waals surface area contributed by atoms with Crippen LogP contribution in [0, 0.1) is 0 Å². The molecule has 0 heterocycles. The van der Waals surface area contributed by atoms with E-state index < -0.39 is 0 Å². The molecule has 0 fully saturated rings. The Hall–Kier alpha value is -1.26. The summed E-state index contributed by atoms with van der Waals surface area (Å²) in [5.41, 5.74) is 0.606. The standard InChI is InChI=1S/C16H22Cl2N2O2/c1-4-5-7-19(3)16(22)6-8-20(12(2)21)15-10-13(17)9-14(18)11-15/h9-11H,4-8H2,1-3H3. The second kappa shape index (κ2) is 9.01. The summed E-state index contributed by atoms with van der Waals surface area (Å²) in [7, 11) is 1.78. The van der Waals surface area contributed by atoms with Gasteiger partial charge in [0.05, 0.1) is 0 Å². The molecule has 1 aromatic rings. The van der Waals surface area contributed by atoms with Crippen molar-refractivity contribution in [3.63, 3.8) is 0 Å². The number of unbranched alkanes of at least 4 members (excludes halogenated alkanes) is 1. The van der Waals surface area contributed by atoms with Crippen LogP contribution in [-0.2, 0) is 9.59 Å². The molecule has 6 heteroatoms. The Balaban J connectivity index is 2.73. The van der Waals surface area contributed by atoms with E-state index in [0.717, 1.165) is 19.4 Å². The predicted molar refractivity (Wildman–Crippen MR) is 91.7 cm³/mol. The molecule has 0 saturated heterocycles. The largest absolute Gasteiger partial charge is 0.346 e. The molecule has 2 amide bonds. The molecule has 1 rings (SSSR count). The lowest BCUT2D eigenvalue weighted by Crippen LogP contribution is -2.35. The average Bonchev–Trinajstić information content (AvgIpc) is 2.43. The first-order valence-corrected chi connectivity index (χ1v) is 8.09. The fourth-order valence-electron chi connectivity index (χ4n) is 2.08. The van der Waals surface area contributed by atoms with Crippen molar-refractivity contribution in [3.05, 3.63) is 28.2 Å². The second-order valence-electron chi connectivity index (χ2n) is 5.22. The summed E-state index contributed by atoms with van der Waals surface area (Å²) in [6, 6.07) is 4.94. The van der Waals surface area contributed by atoms with Gasteiger partial charge < -0.3 is 9.80 Å². The molecular formula is C16H22Cl2N2O2. The van der Waals surface area contributed by atoms with Gasteiger partial charge in [-0.3, -0.25) is 9.59 Å². The van der Waals surface area contributed by atoms with Crippen molar-refractivity contribution < 1.29 is 9.59 Å². The molecule has 0 aliphatic heterocycles. The third-order valence-electron chi connectivity index (χ3n) is 3.36. The number of rotatable bonds is 7. The smallest absolute Gasteiger partial charge is 0.224 e. The molecule has 0 saturated carbocycles. The highest BCUT2D eigenvalue weighted by Gasteiger charge is 2.16. The molecule has 22 heavy (non-hydrogen) atoms. The molecule has 0 unspecified atom stereocenters. The number of carbonyl (C=O) groups excluding carboxylic acids is 2. The second-order valence-corrected chi connectivity index (χ2v) is 6.09. The van der Waals surface area contributed by atoms with Crippen LogP contribution >= 0.6 is 23.2 Å². The summed E-state index contributed by atoms with van der Waals surface area (Å²) in [5.74, 6) is -0.129. The van der Waals surface area contributed by atoms with Crippen LogP contribution in [0.2, 0.25) is 10.0 Å². The molecule has 0 spiro atoms. The van der Waals surface area contributed by atoms with Crippen LogP contribution in [-0.4, -0.2) is 36.9 Å². The van der Waals surface area contributed by atoms with Gasteiger partial charge in [0.25, 0.3) is 0 Å². The summed E-state index contributed by atoms with van der Waals surface area (Å²) in [5, 5.41) is 0.917. The first-order chi connectivity index (χ1) is 10.3. The quantitative estimate of drug-likeness (QED) is 0.750. The van der Waals surface area contributed by atoms with Crippen LogP contribution in [0.15, 0.2) is 18.2 Å². The fraction of sp³-hybridized carbons (Fsp3) is 0.500. The van der Waals surface area contributed by atoms with E-state index in [-0.39, 0.29) is 18.2 Å². The maximum absolute atomic E-state index is 12.1. The van der Waals surface area contributed by atoms with Gasteiger partial charge in [-0.2, -0.15) is 0 Å². The van der Waals surface area contributed by atoms with Gasteiger partial charge in [-0.15, -0.1) is 0 Å². The lowest BCUT2D eigenvalue weighted by Gasteiger charge is -2.23. The lowest BCUT2D eigenvalue weighted by molar-refractivity contribution is -0.129. The molecule has 0 aromatic heterocycles. The van der Waals surface area contributed by atoms with E-state index in [1.165, 1.54) is 11.8 Å². The van der Waals surface area contributed by atoms with Crippen LogP contribution in [0.5, 0.6) is 0 Å². The molecular weight excluding hydrogens is 323 g/mol. The number of hydrogen-bond acceptors (Lipinski definition) is 2. The van der Waals surface area contributed by atoms with Gasteiger partial charge in [0.1, 0.15) is 0 Å². The Bertz CT molecular complexity index is 515. The minimum absolute atomic E-state index is 0.0211. The maximum atomic E-state index is 12.1. The Labute approximate surface area is 142 Å². The number of benzene rings is 1. The number of carbonyl (C=O) groups is 2. The van der Waals surface area contributed by atoms with Crippen molar-refractivity contribution >= 4 is 40.7 Å². The van der Waals surface area contributed by atoms with E-state index in [2.05, 4.69) is 6.92 Å². The number of nitrogens with zero attached hydrogens (tertiary/aromatic N) is 2. The van der Waals surface area contributed by atoms with Crippen LogP contribution in [0.4, 0.5) is 5.69 Å². The van der Waals surface area contributed by atoms with E-state index in [1.54, 1.807) is 30.1 Å². The van der Waals surface area contributed by atoms with E-state index in [0.29, 0.717) is 22.3 Å². The normalized spacial score (nSPS) is 10.4. The first-order valence-electron chi connectivity index (χ1n) is 7.33. The highest BCUT2D eigenvalue weighted by molar-refractivity contribution is 6.35. The number of anilines is 1. The summed E-state index contributed by atoms with van der Waals surface area (Å²) >= 11 is 11.9. The topological polar surface area (TPSA) is 40.6 Å². The molecule has 0 radical (unpaired) electrons. The van der Waals surface area contributed by atoms with Gasteiger partial charge in [-0.25, -0.2) is 0 Å². The van der Waals surface area contributed by atoms with Crippen LogP contribution in [0.1, 0.15) is 33.1 Å². The Kier molecular flexibility index (Phi) is 7.69. The zero-order valence-corrected chi connectivity index (χ0v) is 14.7. The highest BCUT2D eigenvalue weighted by atomic mass is 35.5. The molecule has 0 N–H and O–H groups in total. The highest BCUT2D eigenvalue weighted by Crippen LogP contribution is 2.25. The van der Waals surface area contributed by atoms with Gasteiger partial charge >= 0.3 is 0 Å². The van der Waals surface area contributed by atoms with Crippen LogP contribution < -0.4 is 4.90 Å². The van der Waals surface area contributed by atoms with Crippen molar-refractivity contribution in [2.24, 2.45) is 0 Å². The van der Waals surface area contributed by atoms with Crippen molar-refractivity contribution in [3.8, 4) is 0 Å². The Morgan fingerprint density at radius 3 is 2.18 bits per heavy atom. The molecule has 122 valence electrons. The molecule has 0 atom stereocenters. The maximum Gasteiger partial charge on any atom is 0.224 e. The number of hydrogen-bond donors (Lipinski definition) is 0. The lowest BCUT2D eigenvalue weighted by atomic mass is 10.2. The van der Waals surface area contributed by atoms with Crippen molar-refractivity contribution in [2.45, 2.75) is 33.1 Å². The third kappa shape index (κ3) is 5.85. The zero-order valence-electron chi connectivity index (χ0n) is 13.2. The first kappa shape index (κ1) is 18.8. The van der Waals surface area contributed by atoms with Crippen molar-refractivity contribution in [2.75, 3.05) is 25.0 Å². The van der Waals surface area contributed by atoms with Gasteiger partial charge in [-0.05, 0) is 24.6 Å². The minimum Gasteiger partial charge on any atom is -0.346 e. The fourth-order valence-corrected chi connectivity index (χ4v) is 2.60. The van der Waals surface area contributed by atoms with Gasteiger partial charge in [0.2, 0.25) is 11.8 Å². The van der Waals surface area contributed by atoms with Crippen molar-refractivity contribution in [1.82, 2.24) is 4.90 Å². The number of halogens is 2. The molecule has 4 nitrogen and oxygen atoms in total. The van der Waals surface area contributed by atoms with Gasteiger partial charge in [0.15, 0.2) is 0 Å². The van der Waals surface area contributed by atoms with E-state index >= 15 is 0 Å². The average molecular weight is 345 g/mol. The minimum atomic E-state index is -0.151. The summed E-state index contributed by atoms with van der Waals surface area (Å²) in [6.07, 6.45) is 2.28. The Morgan fingerprint density at radius 2 is 1.68 bits per heavy atom. The van der Waals surface area contributed by atoms with E-state index in [1.807, 2.05) is 0 Å². The van der Waals surface area contributed by atoms with Crippen LogP contribution in [0.25, 0.3) is 0 Å². The SMILES string of the molecule is CCCCN(C)C(=O)CCN(C(C)=O)c1cc(Cl)cc(Cl)c1. The molecule has 1 aromatic carbocycles. The summed E-state index contributed by atoms with van der Waals surface area (Å²) < 4.78 is 0. The summed E-state index contributed by atoms with van der Waals surface area (Å²) in [6.45, 7) is 4.58. The molecule has 0 aliphatic carbocycles. The zero-order chi connectivity index (χ0) is 16.7. The van der Waals surface area contributed by atoms with E-state index in [4.69, 9.17) is 23.2 Å². The number of amides is 2. The van der Waals surface area contributed by atoms with Gasteiger partial charge in [0, 0.05) is 49.2 Å². The predicted octanol–water partition coefficient (Wildman–Crippen LogP) is 3.99. The van der Waals surface area contributed by atoms with Crippen molar-refractivity contribution in [1.29, 1.82) is 0 Å². The third-order valence-corrected chi connectivity index (χ3v) is 3.80.